The third-order valence-corrected chi connectivity index (χ3v) is 3.29. The fourth-order valence-electron chi connectivity index (χ4n) is 2.17. The van der Waals surface area contributed by atoms with Gasteiger partial charge in [-0.3, -0.25) is 9.69 Å². The van der Waals surface area contributed by atoms with E-state index in [4.69, 9.17) is 9.26 Å². The van der Waals surface area contributed by atoms with E-state index in [0.717, 1.165) is 26.0 Å². The molecule has 20 heavy (non-hydrogen) atoms. The van der Waals surface area contributed by atoms with Crippen molar-refractivity contribution in [2.45, 2.75) is 39.3 Å². The monoisotopic (exact) mass is 282 g/mol. The van der Waals surface area contributed by atoms with Crippen LogP contribution < -0.4 is 5.32 Å². The zero-order valence-electron chi connectivity index (χ0n) is 12.1. The summed E-state index contributed by atoms with van der Waals surface area (Å²) in [7, 11) is 0. The largest absolute Gasteiger partial charge is 0.376 e. The number of amides is 1. The number of hydrogen-bond acceptors (Lipinski definition) is 6. The van der Waals surface area contributed by atoms with Gasteiger partial charge in [-0.25, -0.2) is 0 Å². The van der Waals surface area contributed by atoms with Crippen LogP contribution in [0.1, 0.15) is 31.5 Å². The highest BCUT2D eigenvalue weighted by molar-refractivity contribution is 5.78. The van der Waals surface area contributed by atoms with Gasteiger partial charge in [-0.2, -0.15) is 4.98 Å². The normalized spacial score (nSPS) is 18.6. The number of carbonyl (C=O) groups excluding carboxylic acids is 1. The Bertz CT molecular complexity index is 429. The minimum absolute atomic E-state index is 0.00131. The van der Waals surface area contributed by atoms with Crippen molar-refractivity contribution in [1.82, 2.24) is 20.4 Å². The molecule has 7 heteroatoms. The Balaban J connectivity index is 1.72. The number of nitrogens with one attached hydrogen (secondary N) is 1. The van der Waals surface area contributed by atoms with E-state index in [2.05, 4.69) is 15.5 Å². The Morgan fingerprint density at radius 1 is 1.55 bits per heavy atom. The van der Waals surface area contributed by atoms with Crippen LogP contribution in [-0.4, -0.2) is 53.3 Å². The molecular formula is C13H22N4O3. The summed E-state index contributed by atoms with van der Waals surface area (Å²) in [6.07, 6.45) is 2.28. The molecule has 1 saturated heterocycles. The van der Waals surface area contributed by atoms with E-state index in [1.807, 2.05) is 11.8 Å². The third-order valence-electron chi connectivity index (χ3n) is 3.29. The average molecular weight is 282 g/mol. The van der Waals surface area contributed by atoms with Crippen LogP contribution in [0.4, 0.5) is 0 Å². The molecular weight excluding hydrogens is 260 g/mol. The molecule has 112 valence electrons. The van der Waals surface area contributed by atoms with Crippen LogP contribution in [0.25, 0.3) is 0 Å². The molecule has 0 aromatic carbocycles. The molecule has 1 aliphatic heterocycles. The number of rotatable bonds is 7. The molecule has 1 amide bonds. The van der Waals surface area contributed by atoms with Crippen molar-refractivity contribution in [2.24, 2.45) is 0 Å². The lowest BCUT2D eigenvalue weighted by Gasteiger charge is -2.18. The number of aryl methyl sites for hydroxylation is 1. The van der Waals surface area contributed by atoms with E-state index < -0.39 is 0 Å². The first kappa shape index (κ1) is 14.9. The Morgan fingerprint density at radius 2 is 2.40 bits per heavy atom. The minimum atomic E-state index is -0.00131. The topological polar surface area (TPSA) is 80.5 Å². The molecule has 7 nitrogen and oxygen atoms in total. The quantitative estimate of drug-likeness (QED) is 0.784. The highest BCUT2D eigenvalue weighted by atomic mass is 16.5. The smallest absolute Gasteiger partial charge is 0.240 e. The van der Waals surface area contributed by atoms with Crippen LogP contribution in [0.5, 0.6) is 0 Å². The van der Waals surface area contributed by atoms with E-state index in [0.29, 0.717) is 31.3 Å². The van der Waals surface area contributed by atoms with Gasteiger partial charge in [0.05, 0.1) is 19.2 Å². The SMILES string of the molecule is CCN(CC(=O)NCC1CCCO1)Cc1nc(C)no1. The summed E-state index contributed by atoms with van der Waals surface area (Å²) < 4.78 is 10.5. The van der Waals surface area contributed by atoms with Gasteiger partial charge in [-0.05, 0) is 26.3 Å². The summed E-state index contributed by atoms with van der Waals surface area (Å²) in [5.41, 5.74) is 0. The van der Waals surface area contributed by atoms with Gasteiger partial charge in [-0.1, -0.05) is 12.1 Å². The minimum Gasteiger partial charge on any atom is -0.376 e. The maximum Gasteiger partial charge on any atom is 0.240 e. The molecule has 0 aliphatic carbocycles. The van der Waals surface area contributed by atoms with Crippen LogP contribution in [0.2, 0.25) is 0 Å². The van der Waals surface area contributed by atoms with E-state index in [9.17, 15) is 4.79 Å². The molecule has 1 unspecified atom stereocenters. The number of hydrogen-bond donors (Lipinski definition) is 1. The standard InChI is InChI=1S/C13H22N4O3/c1-3-17(9-13-15-10(2)16-20-13)8-12(18)14-7-11-5-4-6-19-11/h11H,3-9H2,1-2H3,(H,14,18). The van der Waals surface area contributed by atoms with E-state index in [-0.39, 0.29) is 12.0 Å². The maximum absolute atomic E-state index is 11.9. The second-order valence-corrected chi connectivity index (χ2v) is 4.98. The lowest BCUT2D eigenvalue weighted by Crippen LogP contribution is -2.39. The fourth-order valence-corrected chi connectivity index (χ4v) is 2.17. The second kappa shape index (κ2) is 7.35. The Kier molecular flexibility index (Phi) is 5.49. The summed E-state index contributed by atoms with van der Waals surface area (Å²) in [5.74, 6) is 1.15. The van der Waals surface area contributed by atoms with Crippen molar-refractivity contribution in [3.63, 3.8) is 0 Å². The number of ether oxygens (including phenoxy) is 1. The van der Waals surface area contributed by atoms with Crippen LogP contribution in [0.15, 0.2) is 4.52 Å². The molecule has 1 atom stereocenters. The number of nitrogens with zero attached hydrogens (tertiary/aromatic N) is 3. The lowest BCUT2D eigenvalue weighted by molar-refractivity contribution is -0.122. The van der Waals surface area contributed by atoms with Crippen molar-refractivity contribution >= 4 is 5.91 Å². The van der Waals surface area contributed by atoms with Gasteiger partial charge in [0, 0.05) is 13.2 Å². The molecule has 1 aromatic rings. The molecule has 1 N–H and O–H groups in total. The summed E-state index contributed by atoms with van der Waals surface area (Å²) >= 11 is 0. The number of aromatic nitrogens is 2. The summed E-state index contributed by atoms with van der Waals surface area (Å²) in [6, 6.07) is 0. The van der Waals surface area contributed by atoms with Gasteiger partial charge in [0.1, 0.15) is 0 Å². The van der Waals surface area contributed by atoms with Crippen molar-refractivity contribution < 1.29 is 14.1 Å². The molecule has 0 bridgehead atoms. The molecule has 2 rings (SSSR count). The van der Waals surface area contributed by atoms with Crippen molar-refractivity contribution in [2.75, 3.05) is 26.2 Å². The average Bonchev–Trinajstić information content (AvgIpc) is 3.07. The first-order chi connectivity index (χ1) is 9.67. The van der Waals surface area contributed by atoms with Crippen molar-refractivity contribution in [3.8, 4) is 0 Å². The highest BCUT2D eigenvalue weighted by Gasteiger charge is 2.17. The van der Waals surface area contributed by atoms with Crippen LogP contribution in [-0.2, 0) is 16.1 Å². The van der Waals surface area contributed by atoms with Gasteiger partial charge in [0.25, 0.3) is 0 Å². The number of carbonyl (C=O) groups is 1. The Hall–Kier alpha value is -1.47. The highest BCUT2D eigenvalue weighted by Crippen LogP contribution is 2.10. The second-order valence-electron chi connectivity index (χ2n) is 4.98. The Morgan fingerprint density at radius 3 is 3.00 bits per heavy atom. The predicted molar refractivity (Wildman–Crippen MR) is 72.0 cm³/mol. The van der Waals surface area contributed by atoms with E-state index >= 15 is 0 Å². The van der Waals surface area contributed by atoms with Gasteiger partial charge in [-0.15, -0.1) is 0 Å². The maximum atomic E-state index is 11.9. The van der Waals surface area contributed by atoms with Crippen LogP contribution in [0.3, 0.4) is 0 Å². The molecule has 1 aliphatic rings. The molecule has 0 radical (unpaired) electrons. The van der Waals surface area contributed by atoms with Crippen LogP contribution >= 0.6 is 0 Å². The predicted octanol–water partition coefficient (Wildman–Crippen LogP) is 0.495. The van der Waals surface area contributed by atoms with E-state index in [1.165, 1.54) is 0 Å². The third kappa shape index (κ3) is 4.57. The summed E-state index contributed by atoms with van der Waals surface area (Å²) in [4.78, 5) is 18.0. The van der Waals surface area contributed by atoms with Gasteiger partial charge in [0.2, 0.25) is 11.8 Å². The molecule has 1 fully saturated rings. The molecule has 0 saturated carbocycles. The Labute approximate surface area is 118 Å². The first-order valence-corrected chi connectivity index (χ1v) is 7.07. The fraction of sp³-hybridized carbons (Fsp3) is 0.769. The van der Waals surface area contributed by atoms with Gasteiger partial charge < -0.3 is 14.6 Å². The summed E-state index contributed by atoms with van der Waals surface area (Å²) in [5, 5.41) is 6.65. The number of likely N-dealkylation sites (N-methyl/N-ethyl adjacent to an activating group) is 1. The lowest BCUT2D eigenvalue weighted by atomic mass is 10.2. The van der Waals surface area contributed by atoms with Crippen LogP contribution in [0, 0.1) is 6.92 Å². The molecule has 0 spiro atoms. The van der Waals surface area contributed by atoms with Gasteiger partial charge >= 0.3 is 0 Å². The summed E-state index contributed by atoms with van der Waals surface area (Å²) in [6.45, 7) is 6.73. The molecule has 2 heterocycles. The van der Waals surface area contributed by atoms with E-state index in [1.54, 1.807) is 6.92 Å². The van der Waals surface area contributed by atoms with Crippen molar-refractivity contribution in [1.29, 1.82) is 0 Å². The van der Waals surface area contributed by atoms with Crippen molar-refractivity contribution in [3.05, 3.63) is 11.7 Å². The molecule has 1 aromatic heterocycles. The zero-order valence-corrected chi connectivity index (χ0v) is 12.1. The first-order valence-electron chi connectivity index (χ1n) is 7.07. The zero-order chi connectivity index (χ0) is 14.4. The van der Waals surface area contributed by atoms with Gasteiger partial charge in [0.15, 0.2) is 5.82 Å².